The van der Waals surface area contributed by atoms with E-state index in [-0.39, 0.29) is 6.54 Å². The van der Waals surface area contributed by atoms with Crippen molar-refractivity contribution in [2.45, 2.75) is 6.18 Å². The van der Waals surface area contributed by atoms with Gasteiger partial charge in [-0.25, -0.2) is 0 Å². The molecule has 0 atom stereocenters. The lowest BCUT2D eigenvalue weighted by Gasteiger charge is -2.08. The minimum atomic E-state index is -4.36. The second kappa shape index (κ2) is 5.76. The number of carbonyl (C=O) groups is 1. The van der Waals surface area contributed by atoms with E-state index < -0.39 is 18.6 Å². The molecule has 0 heterocycles. The van der Waals surface area contributed by atoms with Crippen molar-refractivity contribution in [2.75, 3.05) is 26.2 Å². The van der Waals surface area contributed by atoms with Crippen LogP contribution in [0, 0.1) is 0 Å². The number of rotatable bonds is 5. The molecule has 1 amide bonds. The summed E-state index contributed by atoms with van der Waals surface area (Å²) in [7, 11) is 0. The van der Waals surface area contributed by atoms with Crippen molar-refractivity contribution in [2.24, 2.45) is 5.73 Å². The van der Waals surface area contributed by atoms with Crippen molar-refractivity contribution in [1.82, 2.24) is 10.6 Å². The Morgan fingerprint density at radius 3 is 2.46 bits per heavy atom. The molecule has 0 saturated carbocycles. The number of nitrogens with two attached hydrogens (primary N) is 1. The molecule has 13 heavy (non-hydrogen) atoms. The molecule has 0 unspecified atom stereocenters. The monoisotopic (exact) mass is 199 g/mol. The average molecular weight is 199 g/mol. The number of alkyl halides is 3. The summed E-state index contributed by atoms with van der Waals surface area (Å²) in [5, 5.41) is 4.28. The van der Waals surface area contributed by atoms with Crippen LogP contribution in [0.1, 0.15) is 0 Å². The highest BCUT2D eigenvalue weighted by atomic mass is 19.4. The van der Waals surface area contributed by atoms with E-state index in [1.54, 1.807) is 5.32 Å². The zero-order valence-electron chi connectivity index (χ0n) is 6.95. The summed E-state index contributed by atoms with van der Waals surface area (Å²) in [6.45, 7) is -0.699. The van der Waals surface area contributed by atoms with Crippen LogP contribution < -0.4 is 16.4 Å². The number of hydrogen-bond donors (Lipinski definition) is 3. The standard InChI is InChI=1S/C6H12F3N3O/c7-6(8,9)4-12-5(13)3-11-2-1-10/h11H,1-4,10H2,(H,12,13). The second-order valence-electron chi connectivity index (χ2n) is 2.36. The van der Waals surface area contributed by atoms with Gasteiger partial charge in [0.05, 0.1) is 6.54 Å². The van der Waals surface area contributed by atoms with Gasteiger partial charge in [0.1, 0.15) is 6.54 Å². The maximum Gasteiger partial charge on any atom is 0.405 e. The molecule has 0 saturated heterocycles. The lowest BCUT2D eigenvalue weighted by Crippen LogP contribution is -2.40. The Bertz CT molecular complexity index is 160. The first kappa shape index (κ1) is 12.2. The summed E-state index contributed by atoms with van der Waals surface area (Å²) >= 11 is 0. The fraction of sp³-hybridized carbons (Fsp3) is 0.833. The third-order valence-electron chi connectivity index (χ3n) is 1.09. The summed E-state index contributed by atoms with van der Waals surface area (Å²) < 4.78 is 34.6. The molecule has 4 N–H and O–H groups in total. The van der Waals surface area contributed by atoms with Gasteiger partial charge in [-0.3, -0.25) is 4.79 Å². The van der Waals surface area contributed by atoms with Crippen LogP contribution in [0.5, 0.6) is 0 Å². The van der Waals surface area contributed by atoms with E-state index in [0.717, 1.165) is 0 Å². The number of nitrogens with one attached hydrogen (secondary N) is 2. The van der Waals surface area contributed by atoms with Crippen LogP contribution in [0.2, 0.25) is 0 Å². The van der Waals surface area contributed by atoms with Gasteiger partial charge < -0.3 is 16.4 Å². The van der Waals surface area contributed by atoms with Crippen LogP contribution in [0.3, 0.4) is 0 Å². The zero-order valence-corrected chi connectivity index (χ0v) is 6.95. The molecule has 0 aliphatic rings. The molecule has 0 aromatic carbocycles. The van der Waals surface area contributed by atoms with Crippen molar-refractivity contribution < 1.29 is 18.0 Å². The minimum Gasteiger partial charge on any atom is -0.346 e. The molecular weight excluding hydrogens is 187 g/mol. The van der Waals surface area contributed by atoms with E-state index in [0.29, 0.717) is 13.1 Å². The van der Waals surface area contributed by atoms with Crippen molar-refractivity contribution in [3.8, 4) is 0 Å². The van der Waals surface area contributed by atoms with Gasteiger partial charge in [-0.05, 0) is 0 Å². The van der Waals surface area contributed by atoms with Crippen molar-refractivity contribution >= 4 is 5.91 Å². The van der Waals surface area contributed by atoms with E-state index in [1.807, 2.05) is 0 Å². The summed E-state index contributed by atoms with van der Waals surface area (Å²) in [5.41, 5.74) is 5.08. The van der Waals surface area contributed by atoms with E-state index in [1.165, 1.54) is 0 Å². The van der Waals surface area contributed by atoms with Gasteiger partial charge >= 0.3 is 6.18 Å². The number of carbonyl (C=O) groups excluding carboxylic acids is 1. The molecule has 0 spiro atoms. The molecule has 0 aliphatic heterocycles. The van der Waals surface area contributed by atoms with Gasteiger partial charge in [0.15, 0.2) is 0 Å². The van der Waals surface area contributed by atoms with Crippen LogP contribution in [0.25, 0.3) is 0 Å². The SMILES string of the molecule is NCCNCC(=O)NCC(F)(F)F. The fourth-order valence-corrected chi connectivity index (χ4v) is 0.565. The van der Waals surface area contributed by atoms with Gasteiger partial charge in [-0.1, -0.05) is 0 Å². The molecule has 4 nitrogen and oxygen atoms in total. The van der Waals surface area contributed by atoms with Crippen molar-refractivity contribution in [1.29, 1.82) is 0 Å². The quantitative estimate of drug-likeness (QED) is 0.508. The minimum absolute atomic E-state index is 0.146. The first-order valence-electron chi connectivity index (χ1n) is 3.70. The smallest absolute Gasteiger partial charge is 0.346 e. The third kappa shape index (κ3) is 9.09. The predicted molar refractivity (Wildman–Crippen MR) is 41.0 cm³/mol. The Kier molecular flexibility index (Phi) is 5.40. The Hall–Kier alpha value is -0.820. The van der Waals surface area contributed by atoms with Gasteiger partial charge in [0, 0.05) is 13.1 Å². The molecule has 0 aromatic heterocycles. The average Bonchev–Trinajstić information content (AvgIpc) is 2.00. The second-order valence-corrected chi connectivity index (χ2v) is 2.36. The molecule has 0 fully saturated rings. The molecule has 0 bridgehead atoms. The lowest BCUT2D eigenvalue weighted by atomic mass is 10.5. The molecule has 7 heteroatoms. The van der Waals surface area contributed by atoms with Crippen LogP contribution in [-0.2, 0) is 4.79 Å². The van der Waals surface area contributed by atoms with Gasteiger partial charge in [0.25, 0.3) is 0 Å². The first-order chi connectivity index (χ1) is 5.95. The Labute approximate surface area is 73.7 Å². The fourth-order valence-electron chi connectivity index (χ4n) is 0.565. The normalized spacial score (nSPS) is 11.4. The maximum absolute atomic E-state index is 11.5. The van der Waals surface area contributed by atoms with E-state index in [4.69, 9.17) is 5.73 Å². The number of hydrogen-bond acceptors (Lipinski definition) is 3. The molecule has 0 radical (unpaired) electrons. The summed E-state index contributed by atoms with van der Waals surface area (Å²) in [5.74, 6) is -0.689. The lowest BCUT2D eigenvalue weighted by molar-refractivity contribution is -0.137. The van der Waals surface area contributed by atoms with Crippen molar-refractivity contribution in [3.05, 3.63) is 0 Å². The number of halogens is 3. The molecule has 78 valence electrons. The molecule has 0 rings (SSSR count). The molecule has 0 aliphatic carbocycles. The van der Waals surface area contributed by atoms with Crippen LogP contribution in [-0.4, -0.2) is 38.3 Å². The van der Waals surface area contributed by atoms with E-state index >= 15 is 0 Å². The summed E-state index contributed by atoms with van der Waals surface area (Å²) in [6, 6.07) is 0. The zero-order chi connectivity index (χ0) is 10.3. The highest BCUT2D eigenvalue weighted by Gasteiger charge is 2.27. The van der Waals surface area contributed by atoms with E-state index in [9.17, 15) is 18.0 Å². The van der Waals surface area contributed by atoms with Gasteiger partial charge in [-0.2, -0.15) is 13.2 Å². The van der Waals surface area contributed by atoms with E-state index in [2.05, 4.69) is 5.32 Å². The van der Waals surface area contributed by atoms with Crippen LogP contribution in [0.4, 0.5) is 13.2 Å². The predicted octanol–water partition coefficient (Wildman–Crippen LogP) is -0.787. The van der Waals surface area contributed by atoms with Gasteiger partial charge in [0.2, 0.25) is 5.91 Å². The van der Waals surface area contributed by atoms with Crippen LogP contribution in [0.15, 0.2) is 0 Å². The Morgan fingerprint density at radius 1 is 1.38 bits per heavy atom. The maximum atomic E-state index is 11.5. The highest BCUT2D eigenvalue weighted by molar-refractivity contribution is 5.77. The topological polar surface area (TPSA) is 67.1 Å². The number of amides is 1. The Balaban J connectivity index is 3.41. The largest absolute Gasteiger partial charge is 0.405 e. The highest BCUT2D eigenvalue weighted by Crippen LogP contribution is 2.11. The molecule has 0 aromatic rings. The summed E-state index contributed by atoms with van der Waals surface area (Å²) in [6.07, 6.45) is -4.36. The third-order valence-corrected chi connectivity index (χ3v) is 1.09. The Morgan fingerprint density at radius 2 is 2.00 bits per heavy atom. The first-order valence-corrected chi connectivity index (χ1v) is 3.70. The van der Waals surface area contributed by atoms with Crippen LogP contribution >= 0.6 is 0 Å². The van der Waals surface area contributed by atoms with Gasteiger partial charge in [-0.15, -0.1) is 0 Å². The molecular formula is C6H12F3N3O. The van der Waals surface area contributed by atoms with Crippen molar-refractivity contribution in [3.63, 3.8) is 0 Å². The summed E-state index contributed by atoms with van der Waals surface area (Å²) in [4.78, 5) is 10.7.